The molecule has 0 saturated carbocycles. The molecule has 0 radical (unpaired) electrons. The van der Waals surface area contributed by atoms with E-state index in [0.717, 1.165) is 15.9 Å². The zero-order valence-electron chi connectivity index (χ0n) is 9.85. The molecule has 1 aromatic heterocycles. The zero-order chi connectivity index (χ0) is 13.4. The standard InChI is InChI=1S/C11H11BrN4O2/c1-6-11(12)7(2)15(14-6)10-4-3-8(16(17)18)5-9(10)13/h3-5H,13H2,1-2H3. The first-order valence-corrected chi connectivity index (χ1v) is 5.97. The Morgan fingerprint density at radius 2 is 2.11 bits per heavy atom. The molecule has 94 valence electrons. The van der Waals surface area contributed by atoms with E-state index in [1.807, 2.05) is 13.8 Å². The van der Waals surface area contributed by atoms with Crippen molar-refractivity contribution in [3.05, 3.63) is 44.2 Å². The highest BCUT2D eigenvalue weighted by atomic mass is 79.9. The average molecular weight is 311 g/mol. The number of nitrogens with two attached hydrogens (primary N) is 1. The maximum absolute atomic E-state index is 10.6. The molecule has 0 amide bonds. The van der Waals surface area contributed by atoms with E-state index in [1.54, 1.807) is 10.7 Å². The zero-order valence-corrected chi connectivity index (χ0v) is 11.4. The molecule has 2 N–H and O–H groups in total. The van der Waals surface area contributed by atoms with E-state index in [-0.39, 0.29) is 5.69 Å². The fourth-order valence-corrected chi connectivity index (χ4v) is 1.95. The molecule has 0 unspecified atom stereocenters. The predicted octanol–water partition coefficient (Wildman–Crippen LogP) is 2.74. The first-order chi connectivity index (χ1) is 8.41. The Kier molecular flexibility index (Phi) is 3.08. The summed E-state index contributed by atoms with van der Waals surface area (Å²) in [4.78, 5) is 10.2. The van der Waals surface area contributed by atoms with E-state index in [9.17, 15) is 10.1 Å². The second-order valence-electron chi connectivity index (χ2n) is 3.90. The van der Waals surface area contributed by atoms with Crippen LogP contribution in [0.15, 0.2) is 22.7 Å². The van der Waals surface area contributed by atoms with E-state index in [2.05, 4.69) is 21.0 Å². The summed E-state index contributed by atoms with van der Waals surface area (Å²) in [5.41, 5.74) is 8.50. The van der Waals surface area contributed by atoms with Gasteiger partial charge in [0.1, 0.15) is 0 Å². The number of hydrogen-bond donors (Lipinski definition) is 1. The van der Waals surface area contributed by atoms with Gasteiger partial charge in [0, 0.05) is 12.1 Å². The van der Waals surface area contributed by atoms with Crippen LogP contribution < -0.4 is 5.73 Å². The Morgan fingerprint density at radius 3 is 2.56 bits per heavy atom. The van der Waals surface area contributed by atoms with E-state index in [4.69, 9.17) is 5.73 Å². The van der Waals surface area contributed by atoms with Crippen LogP contribution in [0.1, 0.15) is 11.4 Å². The molecule has 2 rings (SSSR count). The summed E-state index contributed by atoms with van der Waals surface area (Å²) in [6.45, 7) is 3.76. The van der Waals surface area contributed by atoms with Gasteiger partial charge in [-0.2, -0.15) is 5.10 Å². The molecule has 6 nitrogen and oxygen atoms in total. The van der Waals surface area contributed by atoms with Gasteiger partial charge in [0.05, 0.1) is 32.2 Å². The fraction of sp³-hybridized carbons (Fsp3) is 0.182. The highest BCUT2D eigenvalue weighted by Gasteiger charge is 2.14. The predicted molar refractivity (Wildman–Crippen MR) is 71.8 cm³/mol. The topological polar surface area (TPSA) is 87.0 Å². The van der Waals surface area contributed by atoms with Crippen molar-refractivity contribution in [2.24, 2.45) is 0 Å². The molecule has 7 heteroatoms. The highest BCUT2D eigenvalue weighted by Crippen LogP contribution is 2.27. The molecule has 0 aliphatic heterocycles. The number of nitro benzene ring substituents is 1. The van der Waals surface area contributed by atoms with Gasteiger partial charge in [-0.25, -0.2) is 4.68 Å². The van der Waals surface area contributed by atoms with E-state index >= 15 is 0 Å². The van der Waals surface area contributed by atoms with Crippen LogP contribution in [0.25, 0.3) is 5.69 Å². The number of benzene rings is 1. The molecule has 1 heterocycles. The lowest BCUT2D eigenvalue weighted by Gasteiger charge is -2.07. The first kappa shape index (κ1) is 12.6. The summed E-state index contributed by atoms with van der Waals surface area (Å²) < 4.78 is 2.57. The van der Waals surface area contributed by atoms with Crippen molar-refractivity contribution >= 4 is 27.3 Å². The van der Waals surface area contributed by atoms with Gasteiger partial charge in [0.25, 0.3) is 5.69 Å². The minimum atomic E-state index is -0.475. The number of halogens is 1. The molecule has 0 bridgehead atoms. The van der Waals surface area contributed by atoms with Crippen LogP contribution in [-0.4, -0.2) is 14.7 Å². The van der Waals surface area contributed by atoms with Crippen molar-refractivity contribution in [1.82, 2.24) is 9.78 Å². The number of non-ortho nitro benzene ring substituents is 1. The van der Waals surface area contributed by atoms with Crippen molar-refractivity contribution < 1.29 is 4.92 Å². The minimum Gasteiger partial charge on any atom is -0.397 e. The van der Waals surface area contributed by atoms with Crippen LogP contribution in [0, 0.1) is 24.0 Å². The smallest absolute Gasteiger partial charge is 0.271 e. The molecule has 0 aliphatic carbocycles. The largest absolute Gasteiger partial charge is 0.397 e. The lowest BCUT2D eigenvalue weighted by molar-refractivity contribution is -0.384. The number of nitrogen functional groups attached to an aromatic ring is 1. The summed E-state index contributed by atoms with van der Waals surface area (Å²) in [7, 11) is 0. The number of aryl methyl sites for hydroxylation is 1. The van der Waals surface area contributed by atoms with Crippen LogP contribution in [0.2, 0.25) is 0 Å². The Hall–Kier alpha value is -1.89. The fourth-order valence-electron chi connectivity index (χ4n) is 1.71. The van der Waals surface area contributed by atoms with Gasteiger partial charge < -0.3 is 5.73 Å². The van der Waals surface area contributed by atoms with Crippen molar-refractivity contribution in [1.29, 1.82) is 0 Å². The van der Waals surface area contributed by atoms with Gasteiger partial charge in [0.15, 0.2) is 0 Å². The van der Waals surface area contributed by atoms with Crippen LogP contribution in [-0.2, 0) is 0 Å². The van der Waals surface area contributed by atoms with Crippen molar-refractivity contribution in [2.75, 3.05) is 5.73 Å². The quantitative estimate of drug-likeness (QED) is 0.525. The van der Waals surface area contributed by atoms with E-state index < -0.39 is 4.92 Å². The molecule has 0 saturated heterocycles. The molecule has 0 aliphatic rings. The van der Waals surface area contributed by atoms with Gasteiger partial charge in [0.2, 0.25) is 0 Å². The highest BCUT2D eigenvalue weighted by molar-refractivity contribution is 9.10. The van der Waals surface area contributed by atoms with Crippen LogP contribution in [0.3, 0.4) is 0 Å². The Labute approximate surface area is 112 Å². The Balaban J connectivity index is 2.58. The summed E-state index contributed by atoms with van der Waals surface area (Å²) in [6, 6.07) is 4.34. The number of hydrogen-bond acceptors (Lipinski definition) is 4. The van der Waals surface area contributed by atoms with E-state index in [0.29, 0.717) is 11.4 Å². The lowest BCUT2D eigenvalue weighted by atomic mass is 10.2. The molecule has 1 aromatic carbocycles. The molecule has 0 atom stereocenters. The molecular weight excluding hydrogens is 300 g/mol. The third-order valence-corrected chi connectivity index (χ3v) is 3.80. The van der Waals surface area contributed by atoms with Gasteiger partial charge in [-0.15, -0.1) is 0 Å². The first-order valence-electron chi connectivity index (χ1n) is 5.18. The van der Waals surface area contributed by atoms with Gasteiger partial charge in [-0.3, -0.25) is 10.1 Å². The average Bonchev–Trinajstić information content (AvgIpc) is 2.57. The second-order valence-corrected chi connectivity index (χ2v) is 4.69. The van der Waals surface area contributed by atoms with Crippen molar-refractivity contribution in [3.8, 4) is 5.69 Å². The second kappa shape index (κ2) is 4.41. The maximum atomic E-state index is 10.6. The molecule has 18 heavy (non-hydrogen) atoms. The number of aromatic nitrogens is 2. The molecular formula is C11H11BrN4O2. The van der Waals surface area contributed by atoms with Gasteiger partial charge in [-0.05, 0) is 35.8 Å². The number of rotatable bonds is 2. The van der Waals surface area contributed by atoms with Crippen molar-refractivity contribution in [2.45, 2.75) is 13.8 Å². The SMILES string of the molecule is Cc1nn(-c2ccc([N+](=O)[O-])cc2N)c(C)c1Br. The molecule has 0 fully saturated rings. The summed E-state index contributed by atoms with van der Waals surface area (Å²) in [6.07, 6.45) is 0. The van der Waals surface area contributed by atoms with Gasteiger partial charge in [-0.1, -0.05) is 0 Å². The minimum absolute atomic E-state index is 0.0307. The number of nitrogens with zero attached hydrogens (tertiary/aromatic N) is 3. The van der Waals surface area contributed by atoms with Crippen LogP contribution in [0.5, 0.6) is 0 Å². The summed E-state index contributed by atoms with van der Waals surface area (Å²) >= 11 is 3.43. The summed E-state index contributed by atoms with van der Waals surface area (Å²) in [5.74, 6) is 0. The maximum Gasteiger partial charge on any atom is 0.271 e. The molecule has 0 spiro atoms. The summed E-state index contributed by atoms with van der Waals surface area (Å²) in [5, 5.41) is 15.0. The van der Waals surface area contributed by atoms with Crippen LogP contribution >= 0.6 is 15.9 Å². The Bertz CT molecular complexity index is 636. The van der Waals surface area contributed by atoms with Crippen molar-refractivity contribution in [3.63, 3.8) is 0 Å². The monoisotopic (exact) mass is 310 g/mol. The Morgan fingerprint density at radius 1 is 1.44 bits per heavy atom. The normalized spacial score (nSPS) is 10.6. The van der Waals surface area contributed by atoms with Gasteiger partial charge >= 0.3 is 0 Å². The molecule has 2 aromatic rings. The lowest BCUT2D eigenvalue weighted by Crippen LogP contribution is -2.04. The van der Waals surface area contributed by atoms with Crippen LogP contribution in [0.4, 0.5) is 11.4 Å². The number of nitro groups is 1. The number of anilines is 1. The third-order valence-electron chi connectivity index (χ3n) is 2.65. The third kappa shape index (κ3) is 1.97. The van der Waals surface area contributed by atoms with E-state index in [1.165, 1.54) is 12.1 Å².